The van der Waals surface area contributed by atoms with Gasteiger partial charge in [0.15, 0.2) is 5.65 Å². The van der Waals surface area contributed by atoms with Crippen molar-refractivity contribution in [3.63, 3.8) is 0 Å². The predicted octanol–water partition coefficient (Wildman–Crippen LogP) is 3.17. The van der Waals surface area contributed by atoms with Gasteiger partial charge in [0.2, 0.25) is 5.88 Å². The molecule has 0 aliphatic carbocycles. The molecule has 104 valence electrons. The topological polar surface area (TPSA) is 85.2 Å². The number of carbonyl (C=O) groups is 1. The maximum absolute atomic E-state index is 11.0. The van der Waals surface area contributed by atoms with Gasteiger partial charge in [-0.25, -0.2) is 9.78 Å². The van der Waals surface area contributed by atoms with Gasteiger partial charge in [0.05, 0.1) is 10.6 Å². The van der Waals surface area contributed by atoms with Gasteiger partial charge in [-0.1, -0.05) is 11.6 Å². The lowest BCUT2D eigenvalue weighted by Gasteiger charge is -2.07. The van der Waals surface area contributed by atoms with E-state index in [-0.39, 0.29) is 10.6 Å². The van der Waals surface area contributed by atoms with Crippen molar-refractivity contribution in [3.8, 4) is 11.6 Å². The van der Waals surface area contributed by atoms with Crippen LogP contribution in [0.2, 0.25) is 5.02 Å². The standard InChI is InChI=1S/C14H8ClN3O3/c15-10-2-1-8(7-9(10)14(19)20)21-12-4-3-11-13(18-12)17-6-5-16-11/h1-7H,(H,19,20). The third kappa shape index (κ3) is 2.75. The Hall–Kier alpha value is -2.73. The van der Waals surface area contributed by atoms with Gasteiger partial charge in [0, 0.05) is 18.5 Å². The zero-order chi connectivity index (χ0) is 14.8. The molecule has 0 spiro atoms. The molecule has 1 aromatic carbocycles. The number of nitrogens with zero attached hydrogens (tertiary/aromatic N) is 3. The average Bonchev–Trinajstić information content (AvgIpc) is 2.49. The number of ether oxygens (including phenoxy) is 1. The Morgan fingerprint density at radius 1 is 1.14 bits per heavy atom. The normalized spacial score (nSPS) is 10.5. The summed E-state index contributed by atoms with van der Waals surface area (Å²) in [7, 11) is 0. The monoisotopic (exact) mass is 301 g/mol. The molecule has 0 amide bonds. The number of hydrogen-bond donors (Lipinski definition) is 1. The molecule has 0 aliphatic rings. The van der Waals surface area contributed by atoms with E-state index >= 15 is 0 Å². The largest absolute Gasteiger partial charge is 0.478 e. The number of halogens is 1. The first-order valence-electron chi connectivity index (χ1n) is 5.92. The smallest absolute Gasteiger partial charge is 0.337 e. The molecule has 3 rings (SSSR count). The van der Waals surface area contributed by atoms with E-state index in [4.69, 9.17) is 21.4 Å². The average molecular weight is 302 g/mol. The Bertz CT molecular complexity index is 839. The van der Waals surface area contributed by atoms with Crippen LogP contribution in [0, 0.1) is 0 Å². The molecule has 0 unspecified atom stereocenters. The van der Waals surface area contributed by atoms with Crippen LogP contribution in [0.15, 0.2) is 42.7 Å². The fourth-order valence-electron chi connectivity index (χ4n) is 1.75. The highest BCUT2D eigenvalue weighted by Gasteiger charge is 2.11. The van der Waals surface area contributed by atoms with Gasteiger partial charge >= 0.3 is 5.97 Å². The minimum Gasteiger partial charge on any atom is -0.478 e. The number of carboxylic acid groups (broad SMARTS) is 1. The second-order valence-electron chi connectivity index (χ2n) is 4.10. The van der Waals surface area contributed by atoms with Crippen molar-refractivity contribution < 1.29 is 14.6 Å². The van der Waals surface area contributed by atoms with Gasteiger partial charge in [0.1, 0.15) is 11.3 Å². The molecule has 6 nitrogen and oxygen atoms in total. The SMILES string of the molecule is O=C(O)c1cc(Oc2ccc3nccnc3n2)ccc1Cl. The maximum atomic E-state index is 11.0. The molecule has 1 N–H and O–H groups in total. The quantitative estimate of drug-likeness (QED) is 0.799. The molecule has 0 fully saturated rings. The molecule has 7 heteroatoms. The number of pyridine rings is 1. The summed E-state index contributed by atoms with van der Waals surface area (Å²) < 4.78 is 5.53. The van der Waals surface area contributed by atoms with E-state index in [0.29, 0.717) is 22.8 Å². The number of rotatable bonds is 3. The van der Waals surface area contributed by atoms with Gasteiger partial charge in [-0.3, -0.25) is 4.98 Å². The van der Waals surface area contributed by atoms with E-state index in [9.17, 15) is 4.79 Å². The first-order chi connectivity index (χ1) is 10.1. The van der Waals surface area contributed by atoms with Gasteiger partial charge < -0.3 is 9.84 Å². The summed E-state index contributed by atoms with van der Waals surface area (Å²) in [6.07, 6.45) is 3.10. The first kappa shape index (κ1) is 13.3. The molecular weight excluding hydrogens is 294 g/mol. The van der Waals surface area contributed by atoms with Crippen LogP contribution in [0.3, 0.4) is 0 Å². The van der Waals surface area contributed by atoms with Crippen LogP contribution in [0.1, 0.15) is 10.4 Å². The van der Waals surface area contributed by atoms with Crippen LogP contribution in [0.4, 0.5) is 0 Å². The molecule has 2 heterocycles. The molecule has 2 aromatic heterocycles. The zero-order valence-corrected chi connectivity index (χ0v) is 11.3. The van der Waals surface area contributed by atoms with Crippen molar-refractivity contribution in [2.75, 3.05) is 0 Å². The lowest BCUT2D eigenvalue weighted by atomic mass is 10.2. The molecule has 0 saturated carbocycles. The summed E-state index contributed by atoms with van der Waals surface area (Å²) in [5, 5.41) is 9.17. The second kappa shape index (κ2) is 5.34. The van der Waals surface area contributed by atoms with Crippen LogP contribution in [-0.2, 0) is 0 Å². The van der Waals surface area contributed by atoms with Crippen LogP contribution in [0.25, 0.3) is 11.2 Å². The van der Waals surface area contributed by atoms with E-state index < -0.39 is 5.97 Å². The Kier molecular flexibility index (Phi) is 3.37. The molecule has 0 atom stereocenters. The fraction of sp³-hybridized carbons (Fsp3) is 0. The summed E-state index contributed by atoms with van der Waals surface area (Å²) in [6.45, 7) is 0. The van der Waals surface area contributed by atoms with Crippen LogP contribution >= 0.6 is 11.6 Å². The lowest BCUT2D eigenvalue weighted by molar-refractivity contribution is 0.0696. The second-order valence-corrected chi connectivity index (χ2v) is 4.50. The predicted molar refractivity (Wildman–Crippen MR) is 75.8 cm³/mol. The minimum absolute atomic E-state index is 0.0326. The van der Waals surface area contributed by atoms with Gasteiger partial charge in [-0.2, -0.15) is 4.98 Å². The van der Waals surface area contributed by atoms with Crippen molar-refractivity contribution >= 4 is 28.7 Å². The molecule has 0 radical (unpaired) electrons. The minimum atomic E-state index is -1.12. The molecule has 3 aromatic rings. The van der Waals surface area contributed by atoms with E-state index in [2.05, 4.69) is 15.0 Å². The van der Waals surface area contributed by atoms with E-state index in [1.54, 1.807) is 24.4 Å². The highest BCUT2D eigenvalue weighted by Crippen LogP contribution is 2.26. The van der Waals surface area contributed by atoms with Crippen molar-refractivity contribution in [2.24, 2.45) is 0 Å². The number of carboxylic acids is 1. The number of aromatic nitrogens is 3. The zero-order valence-electron chi connectivity index (χ0n) is 10.5. The van der Waals surface area contributed by atoms with E-state index in [1.165, 1.54) is 18.3 Å². The highest BCUT2D eigenvalue weighted by molar-refractivity contribution is 6.33. The van der Waals surface area contributed by atoms with E-state index in [0.717, 1.165) is 0 Å². The van der Waals surface area contributed by atoms with Crippen molar-refractivity contribution in [2.45, 2.75) is 0 Å². The molecular formula is C14H8ClN3O3. The maximum Gasteiger partial charge on any atom is 0.337 e. The Balaban J connectivity index is 1.94. The van der Waals surface area contributed by atoms with Crippen LogP contribution in [0.5, 0.6) is 11.6 Å². The molecule has 0 bridgehead atoms. The number of fused-ring (bicyclic) bond motifs is 1. The summed E-state index contributed by atoms with van der Waals surface area (Å²) in [4.78, 5) is 23.4. The Morgan fingerprint density at radius 3 is 2.76 bits per heavy atom. The molecule has 0 aliphatic heterocycles. The summed E-state index contributed by atoms with van der Waals surface area (Å²) >= 11 is 5.80. The molecule has 0 saturated heterocycles. The summed E-state index contributed by atoms with van der Waals surface area (Å²) in [5.74, 6) is -0.503. The third-order valence-corrected chi connectivity index (χ3v) is 3.03. The van der Waals surface area contributed by atoms with Crippen LogP contribution in [-0.4, -0.2) is 26.0 Å². The lowest BCUT2D eigenvalue weighted by Crippen LogP contribution is -1.98. The molecule has 21 heavy (non-hydrogen) atoms. The Labute approximate surface area is 124 Å². The summed E-state index contributed by atoms with van der Waals surface area (Å²) in [6, 6.07) is 7.72. The van der Waals surface area contributed by atoms with Gasteiger partial charge in [-0.15, -0.1) is 0 Å². The number of benzene rings is 1. The van der Waals surface area contributed by atoms with Gasteiger partial charge in [0.25, 0.3) is 0 Å². The number of aromatic carboxylic acids is 1. The first-order valence-corrected chi connectivity index (χ1v) is 6.30. The summed E-state index contributed by atoms with van der Waals surface area (Å²) in [5.41, 5.74) is 1.06. The third-order valence-electron chi connectivity index (χ3n) is 2.70. The fourth-order valence-corrected chi connectivity index (χ4v) is 1.94. The highest BCUT2D eigenvalue weighted by atomic mass is 35.5. The number of hydrogen-bond acceptors (Lipinski definition) is 5. The van der Waals surface area contributed by atoms with Crippen molar-refractivity contribution in [3.05, 3.63) is 53.3 Å². The van der Waals surface area contributed by atoms with E-state index in [1.807, 2.05) is 0 Å². The van der Waals surface area contributed by atoms with Crippen molar-refractivity contribution in [1.29, 1.82) is 0 Å². The van der Waals surface area contributed by atoms with Crippen LogP contribution < -0.4 is 4.74 Å². The Morgan fingerprint density at radius 2 is 1.95 bits per heavy atom. The van der Waals surface area contributed by atoms with Crippen molar-refractivity contribution in [1.82, 2.24) is 15.0 Å². The van der Waals surface area contributed by atoms with Gasteiger partial charge in [-0.05, 0) is 24.3 Å².